The molecule has 1 rings (SSSR count). The Morgan fingerprint density at radius 3 is 2.32 bits per heavy atom. The molecule has 0 fully saturated rings. The van der Waals surface area contributed by atoms with Crippen LogP contribution in [0.25, 0.3) is 0 Å². The number of nitrogens with zero attached hydrogens (tertiary/aromatic N) is 1. The summed E-state index contributed by atoms with van der Waals surface area (Å²) in [5, 5.41) is 18.1. The molecule has 0 spiro atoms. The first-order chi connectivity index (χ1) is 8.78. The van der Waals surface area contributed by atoms with Gasteiger partial charge in [-0.05, 0) is 12.1 Å². The summed E-state index contributed by atoms with van der Waals surface area (Å²) < 4.78 is 5.16. The van der Waals surface area contributed by atoms with Crippen LogP contribution in [0.15, 0.2) is 12.1 Å². The van der Waals surface area contributed by atoms with Gasteiger partial charge in [-0.15, -0.1) is 5.54 Å². The highest BCUT2D eigenvalue weighted by Crippen LogP contribution is 2.25. The van der Waals surface area contributed by atoms with Gasteiger partial charge in [-0.2, -0.15) is 5.26 Å². The van der Waals surface area contributed by atoms with E-state index >= 15 is 0 Å². The van der Waals surface area contributed by atoms with Crippen molar-refractivity contribution in [3.05, 3.63) is 28.8 Å². The minimum absolute atomic E-state index is 0.0391. The third-order valence-corrected chi connectivity index (χ3v) is 3.11. The van der Waals surface area contributed by atoms with Crippen molar-refractivity contribution in [3.63, 3.8) is 0 Å². The lowest BCUT2D eigenvalue weighted by atomic mass is 10.0. The molecule has 0 aliphatic carbocycles. The Labute approximate surface area is 113 Å². The molecule has 0 saturated carbocycles. The van der Waals surface area contributed by atoms with Crippen LogP contribution >= 0.6 is 0 Å². The fourth-order valence-electron chi connectivity index (χ4n) is 1.40. The van der Waals surface area contributed by atoms with E-state index in [2.05, 4.69) is 31.1 Å². The Morgan fingerprint density at radius 2 is 1.89 bits per heavy atom. The van der Waals surface area contributed by atoms with Crippen molar-refractivity contribution >= 4 is 14.0 Å². The molecule has 98 valence electrons. The molecule has 1 aromatic rings. The number of carbonyl (C=O) groups is 1. The van der Waals surface area contributed by atoms with Gasteiger partial charge >= 0.3 is 5.97 Å². The number of benzene rings is 1. The number of rotatable bonds is 2. The summed E-state index contributed by atoms with van der Waals surface area (Å²) in [6, 6.07) is 4.67. The molecule has 0 atom stereocenters. The quantitative estimate of drug-likeness (QED) is 0.664. The molecule has 0 bridgehead atoms. The Kier molecular flexibility index (Phi) is 4.37. The van der Waals surface area contributed by atoms with Crippen LogP contribution in [0.1, 0.15) is 21.5 Å². The zero-order valence-corrected chi connectivity index (χ0v) is 12.4. The third kappa shape index (κ3) is 3.87. The molecule has 0 aromatic heterocycles. The summed E-state index contributed by atoms with van der Waals surface area (Å²) in [5.41, 5.74) is 3.80. The van der Waals surface area contributed by atoms with Gasteiger partial charge in [-0.25, -0.2) is 4.79 Å². The van der Waals surface area contributed by atoms with Crippen molar-refractivity contribution < 1.29 is 14.6 Å². The number of carboxylic acids is 1. The van der Waals surface area contributed by atoms with Gasteiger partial charge in [0.25, 0.3) is 0 Å². The number of carboxylic acid groups (broad SMARTS) is 1. The minimum atomic E-state index is -1.59. The minimum Gasteiger partial charge on any atom is -0.494 e. The van der Waals surface area contributed by atoms with Crippen LogP contribution in [0.4, 0.5) is 0 Å². The van der Waals surface area contributed by atoms with Crippen LogP contribution in [0.5, 0.6) is 5.75 Å². The standard InChI is InChI=1S/C14H15NO3Si/c1-18-13-10(5-6-19(2,3)4)7-11(14(16)17)8-12(13)9-15/h7-8H,1-4H3,(H,16,17). The van der Waals surface area contributed by atoms with Crippen molar-refractivity contribution in [3.8, 4) is 23.3 Å². The maximum Gasteiger partial charge on any atom is 0.335 e. The van der Waals surface area contributed by atoms with E-state index in [1.54, 1.807) is 0 Å². The van der Waals surface area contributed by atoms with Gasteiger partial charge in [0, 0.05) is 0 Å². The monoisotopic (exact) mass is 273 g/mol. The first-order valence-electron chi connectivity index (χ1n) is 5.67. The largest absolute Gasteiger partial charge is 0.494 e. The Balaban J connectivity index is 3.51. The number of methoxy groups -OCH3 is 1. The van der Waals surface area contributed by atoms with Gasteiger partial charge in [0.2, 0.25) is 0 Å². The molecule has 0 amide bonds. The van der Waals surface area contributed by atoms with Crippen LogP contribution in [0, 0.1) is 22.8 Å². The van der Waals surface area contributed by atoms with E-state index < -0.39 is 14.0 Å². The summed E-state index contributed by atoms with van der Waals surface area (Å²) in [4.78, 5) is 11.0. The van der Waals surface area contributed by atoms with E-state index in [-0.39, 0.29) is 11.1 Å². The summed E-state index contributed by atoms with van der Waals surface area (Å²) in [6.07, 6.45) is 0. The molecule has 0 radical (unpaired) electrons. The summed E-state index contributed by atoms with van der Waals surface area (Å²) in [6.45, 7) is 6.25. The van der Waals surface area contributed by atoms with Gasteiger partial charge in [-0.3, -0.25) is 0 Å². The highest BCUT2D eigenvalue weighted by atomic mass is 28.3. The van der Waals surface area contributed by atoms with Crippen LogP contribution in [0.3, 0.4) is 0 Å². The highest BCUT2D eigenvalue weighted by molar-refractivity contribution is 6.83. The Bertz CT molecular complexity index is 613. The number of hydrogen-bond donors (Lipinski definition) is 1. The van der Waals surface area contributed by atoms with E-state index in [4.69, 9.17) is 15.1 Å². The zero-order chi connectivity index (χ0) is 14.6. The number of aromatic carboxylic acids is 1. The molecular formula is C14H15NO3Si. The maximum atomic E-state index is 11.0. The van der Waals surface area contributed by atoms with Crippen LogP contribution < -0.4 is 4.74 Å². The van der Waals surface area contributed by atoms with E-state index in [0.29, 0.717) is 11.3 Å². The lowest BCUT2D eigenvalue weighted by Crippen LogP contribution is -2.16. The molecule has 0 aliphatic rings. The number of ether oxygens (including phenoxy) is 1. The second-order valence-electron chi connectivity index (χ2n) is 5.02. The fraction of sp³-hybridized carbons (Fsp3) is 0.286. The molecule has 4 nitrogen and oxygen atoms in total. The second kappa shape index (κ2) is 5.60. The molecule has 0 unspecified atom stereocenters. The molecule has 0 aliphatic heterocycles. The van der Waals surface area contributed by atoms with Gasteiger partial charge in [-0.1, -0.05) is 25.6 Å². The first kappa shape index (κ1) is 14.8. The van der Waals surface area contributed by atoms with Gasteiger partial charge in [0.1, 0.15) is 14.1 Å². The molecule has 5 heteroatoms. The van der Waals surface area contributed by atoms with E-state index in [0.717, 1.165) is 0 Å². The Morgan fingerprint density at radius 1 is 1.32 bits per heavy atom. The fourth-order valence-corrected chi connectivity index (χ4v) is 1.91. The number of hydrogen-bond acceptors (Lipinski definition) is 3. The average Bonchev–Trinajstić information content (AvgIpc) is 2.33. The van der Waals surface area contributed by atoms with Crippen molar-refractivity contribution in [2.75, 3.05) is 7.11 Å². The molecule has 1 N–H and O–H groups in total. The number of nitriles is 1. The van der Waals surface area contributed by atoms with Crippen LogP contribution in [-0.4, -0.2) is 26.3 Å². The topological polar surface area (TPSA) is 70.3 Å². The van der Waals surface area contributed by atoms with Crippen molar-refractivity contribution in [2.45, 2.75) is 19.6 Å². The van der Waals surface area contributed by atoms with Crippen molar-refractivity contribution in [1.82, 2.24) is 0 Å². The molecule has 19 heavy (non-hydrogen) atoms. The lowest BCUT2D eigenvalue weighted by Gasteiger charge is -2.08. The van der Waals surface area contributed by atoms with Gasteiger partial charge < -0.3 is 9.84 Å². The zero-order valence-electron chi connectivity index (χ0n) is 11.4. The predicted octanol–water partition coefficient (Wildman–Crippen LogP) is 2.49. The lowest BCUT2D eigenvalue weighted by molar-refractivity contribution is 0.0696. The SMILES string of the molecule is COc1c(C#N)cc(C(=O)O)cc1C#C[Si](C)(C)C. The predicted molar refractivity (Wildman–Crippen MR) is 74.9 cm³/mol. The van der Waals surface area contributed by atoms with E-state index in [1.165, 1.54) is 19.2 Å². The second-order valence-corrected chi connectivity index (χ2v) is 9.77. The molecule has 0 heterocycles. The highest BCUT2D eigenvalue weighted by Gasteiger charge is 2.15. The molecule has 1 aromatic carbocycles. The van der Waals surface area contributed by atoms with Crippen LogP contribution in [0.2, 0.25) is 19.6 Å². The molecule has 0 saturated heterocycles. The van der Waals surface area contributed by atoms with Crippen molar-refractivity contribution in [1.29, 1.82) is 5.26 Å². The molecular weight excluding hydrogens is 258 g/mol. The van der Waals surface area contributed by atoms with E-state index in [9.17, 15) is 4.79 Å². The smallest absolute Gasteiger partial charge is 0.335 e. The average molecular weight is 273 g/mol. The summed E-state index contributed by atoms with van der Waals surface area (Å²) in [7, 11) is -0.154. The van der Waals surface area contributed by atoms with E-state index in [1.807, 2.05) is 6.07 Å². The van der Waals surface area contributed by atoms with Gasteiger partial charge in [0.05, 0.1) is 23.8 Å². The maximum absolute atomic E-state index is 11.0. The normalized spacial score (nSPS) is 10.1. The van der Waals surface area contributed by atoms with Crippen LogP contribution in [-0.2, 0) is 0 Å². The van der Waals surface area contributed by atoms with Crippen molar-refractivity contribution in [2.24, 2.45) is 0 Å². The Hall–Kier alpha value is -2.24. The first-order valence-corrected chi connectivity index (χ1v) is 9.17. The van der Waals surface area contributed by atoms with Gasteiger partial charge in [0.15, 0.2) is 5.75 Å². The third-order valence-electron chi connectivity index (χ3n) is 2.23. The summed E-state index contributed by atoms with van der Waals surface area (Å²) >= 11 is 0. The summed E-state index contributed by atoms with van der Waals surface area (Å²) in [5.74, 6) is 2.19.